The summed E-state index contributed by atoms with van der Waals surface area (Å²) in [4.78, 5) is 41.9. The second kappa shape index (κ2) is 7.61. The van der Waals surface area contributed by atoms with Crippen LogP contribution in [0.25, 0.3) is 0 Å². The summed E-state index contributed by atoms with van der Waals surface area (Å²) >= 11 is 0. The number of hydrogen-bond donors (Lipinski definition) is 0. The average Bonchev–Trinajstić information content (AvgIpc) is 3.47. The van der Waals surface area contributed by atoms with Crippen LogP contribution in [-0.4, -0.2) is 40.8 Å². The lowest BCUT2D eigenvalue weighted by molar-refractivity contribution is -0.254. The van der Waals surface area contributed by atoms with E-state index in [9.17, 15) is 18.8 Å². The van der Waals surface area contributed by atoms with E-state index in [0.717, 1.165) is 0 Å². The van der Waals surface area contributed by atoms with Crippen LogP contribution in [-0.2, 0) is 19.1 Å². The van der Waals surface area contributed by atoms with Gasteiger partial charge in [-0.1, -0.05) is 24.3 Å². The van der Waals surface area contributed by atoms with E-state index in [0.29, 0.717) is 11.1 Å². The van der Waals surface area contributed by atoms with Crippen molar-refractivity contribution < 1.29 is 32.7 Å². The lowest BCUT2D eigenvalue weighted by atomic mass is 9.66. The summed E-state index contributed by atoms with van der Waals surface area (Å²) in [7, 11) is 0. The Kier molecular flexibility index (Phi) is 4.70. The maximum absolute atomic E-state index is 14.0. The van der Waals surface area contributed by atoms with E-state index >= 15 is 0 Å². The van der Waals surface area contributed by atoms with Crippen LogP contribution >= 0.6 is 0 Å². The van der Waals surface area contributed by atoms with Crippen LogP contribution in [0, 0.1) is 11.2 Å². The van der Waals surface area contributed by atoms with Crippen LogP contribution in [0.5, 0.6) is 0 Å². The highest BCUT2D eigenvalue weighted by Gasteiger charge is 2.75. The van der Waals surface area contributed by atoms with Crippen molar-refractivity contribution >= 4 is 23.9 Å². The standard InChI is InChI=1S/C27H21FN2O6/c1-26(2)35-24(32)27(25(33)36-26)20(19-8-5-13-34-19)21(22(31)15-9-11-17(28)12-10-15)30-23(27)18-7-4-3-6-16(18)14-29-30/h3-14,20-21,23H,1-2H3/t20-,21+,23-/m0/s1. The largest absolute Gasteiger partial charge is 0.469 e. The molecule has 0 N–H and O–H groups in total. The van der Waals surface area contributed by atoms with E-state index in [1.807, 2.05) is 12.1 Å². The van der Waals surface area contributed by atoms with Gasteiger partial charge < -0.3 is 13.9 Å². The van der Waals surface area contributed by atoms with Crippen molar-refractivity contribution in [2.24, 2.45) is 10.5 Å². The molecule has 3 aliphatic rings. The van der Waals surface area contributed by atoms with E-state index in [1.165, 1.54) is 49.4 Å². The lowest BCUT2D eigenvalue weighted by Crippen LogP contribution is -2.58. The number of ether oxygens (including phenoxy) is 2. The van der Waals surface area contributed by atoms with Gasteiger partial charge in [0.25, 0.3) is 5.79 Å². The number of ketones is 1. The molecule has 6 rings (SSSR count). The Bertz CT molecular complexity index is 1390. The topological polar surface area (TPSA) is 98.4 Å². The maximum Gasteiger partial charge on any atom is 0.330 e. The van der Waals surface area contributed by atoms with Gasteiger partial charge in [0, 0.05) is 19.4 Å². The number of fused-ring (bicyclic) bond motifs is 4. The highest BCUT2D eigenvalue weighted by molar-refractivity contribution is 6.09. The molecule has 3 atom stereocenters. The van der Waals surface area contributed by atoms with E-state index in [4.69, 9.17) is 13.9 Å². The Hall–Kier alpha value is -4.27. The highest BCUT2D eigenvalue weighted by atomic mass is 19.1. The van der Waals surface area contributed by atoms with Gasteiger partial charge in [-0.3, -0.25) is 19.4 Å². The fourth-order valence-corrected chi connectivity index (χ4v) is 5.58. The summed E-state index contributed by atoms with van der Waals surface area (Å²) in [6.07, 6.45) is 2.98. The van der Waals surface area contributed by atoms with Gasteiger partial charge in [0.1, 0.15) is 23.7 Å². The average molecular weight is 488 g/mol. The molecule has 0 amide bonds. The van der Waals surface area contributed by atoms with Crippen LogP contribution in [0.2, 0.25) is 0 Å². The van der Waals surface area contributed by atoms with Crippen LogP contribution in [0.15, 0.2) is 76.4 Å². The van der Waals surface area contributed by atoms with Gasteiger partial charge in [-0.15, -0.1) is 0 Å². The van der Waals surface area contributed by atoms with Gasteiger partial charge in [0.15, 0.2) is 5.78 Å². The number of furan rings is 1. The van der Waals surface area contributed by atoms with Crippen molar-refractivity contribution in [3.8, 4) is 0 Å². The first-order valence-corrected chi connectivity index (χ1v) is 11.5. The molecule has 1 aromatic heterocycles. The summed E-state index contributed by atoms with van der Waals surface area (Å²) in [6, 6.07) is 13.3. The number of carbonyl (C=O) groups excluding carboxylic acids is 3. The maximum atomic E-state index is 14.0. The van der Waals surface area contributed by atoms with Gasteiger partial charge >= 0.3 is 11.9 Å². The number of benzene rings is 2. The Morgan fingerprint density at radius 2 is 1.67 bits per heavy atom. The van der Waals surface area contributed by atoms with E-state index in [1.54, 1.807) is 30.5 Å². The molecule has 8 nitrogen and oxygen atoms in total. The zero-order valence-corrected chi connectivity index (χ0v) is 19.4. The zero-order valence-electron chi connectivity index (χ0n) is 19.4. The fourth-order valence-electron chi connectivity index (χ4n) is 5.58. The molecular formula is C27H21FN2O6. The first-order valence-electron chi connectivity index (χ1n) is 11.5. The molecule has 9 heteroatoms. The van der Waals surface area contributed by atoms with Crippen LogP contribution in [0.4, 0.5) is 4.39 Å². The molecular weight excluding hydrogens is 467 g/mol. The highest BCUT2D eigenvalue weighted by Crippen LogP contribution is 2.62. The summed E-state index contributed by atoms with van der Waals surface area (Å²) in [5.41, 5.74) is -0.494. The molecule has 0 saturated carbocycles. The molecule has 0 radical (unpaired) electrons. The van der Waals surface area contributed by atoms with Crippen molar-refractivity contribution in [2.75, 3.05) is 0 Å². The molecule has 1 spiro atoms. The van der Waals surface area contributed by atoms with Crippen LogP contribution in [0.3, 0.4) is 0 Å². The number of nitrogens with zero attached hydrogens (tertiary/aromatic N) is 2. The zero-order chi connectivity index (χ0) is 25.2. The van der Waals surface area contributed by atoms with Gasteiger partial charge in [0.2, 0.25) is 5.41 Å². The lowest BCUT2D eigenvalue weighted by Gasteiger charge is -2.43. The number of hydrogen-bond acceptors (Lipinski definition) is 8. The number of hydrazone groups is 1. The van der Waals surface area contributed by atoms with Gasteiger partial charge in [-0.2, -0.15) is 5.10 Å². The number of rotatable bonds is 3. The van der Waals surface area contributed by atoms with Gasteiger partial charge in [-0.05, 0) is 47.5 Å². The van der Waals surface area contributed by atoms with Crippen molar-refractivity contribution in [3.05, 3.63) is 95.2 Å². The molecule has 3 aliphatic heterocycles. The summed E-state index contributed by atoms with van der Waals surface area (Å²) in [5, 5.41) is 6.01. The molecule has 2 aromatic carbocycles. The molecule has 3 aromatic rings. The second-order valence-electron chi connectivity index (χ2n) is 9.51. The van der Waals surface area contributed by atoms with Crippen molar-refractivity contribution in [1.29, 1.82) is 0 Å². The number of Topliss-reactive ketones (excluding diaryl/α,β-unsaturated/α-hetero) is 1. The Morgan fingerprint density at radius 1 is 0.972 bits per heavy atom. The monoisotopic (exact) mass is 488 g/mol. The molecule has 182 valence electrons. The van der Waals surface area contributed by atoms with E-state index < -0.39 is 52.7 Å². The Labute approximate surface area is 205 Å². The number of carbonyl (C=O) groups is 3. The first-order chi connectivity index (χ1) is 17.2. The quantitative estimate of drug-likeness (QED) is 0.312. The minimum Gasteiger partial charge on any atom is -0.469 e. The Morgan fingerprint density at radius 3 is 2.33 bits per heavy atom. The first kappa shape index (κ1) is 22.2. The summed E-state index contributed by atoms with van der Waals surface area (Å²) in [6.45, 7) is 2.94. The van der Waals surface area contributed by atoms with Gasteiger partial charge in [-0.25, -0.2) is 4.39 Å². The van der Waals surface area contributed by atoms with Crippen molar-refractivity contribution in [3.63, 3.8) is 0 Å². The normalized spacial score (nSPS) is 25.2. The second-order valence-corrected chi connectivity index (χ2v) is 9.51. The smallest absolute Gasteiger partial charge is 0.330 e. The third-order valence-corrected chi connectivity index (χ3v) is 7.01. The van der Waals surface area contributed by atoms with Crippen molar-refractivity contribution in [2.45, 2.75) is 37.6 Å². The van der Waals surface area contributed by atoms with E-state index in [-0.39, 0.29) is 11.3 Å². The molecule has 0 aliphatic carbocycles. The summed E-state index contributed by atoms with van der Waals surface area (Å²) in [5.74, 6) is -5.03. The third kappa shape index (κ3) is 2.98. The Balaban J connectivity index is 1.63. The van der Waals surface area contributed by atoms with E-state index in [2.05, 4.69) is 5.10 Å². The molecule has 0 bridgehead atoms. The number of esters is 2. The summed E-state index contributed by atoms with van der Waals surface area (Å²) < 4.78 is 30.7. The molecule has 36 heavy (non-hydrogen) atoms. The molecule has 2 fully saturated rings. The molecule has 0 unspecified atom stereocenters. The van der Waals surface area contributed by atoms with Crippen LogP contribution < -0.4 is 0 Å². The minimum atomic E-state index is -2.00. The molecule has 2 saturated heterocycles. The number of halogens is 1. The third-order valence-electron chi connectivity index (χ3n) is 7.01. The number of cyclic esters (lactones) is 2. The minimum absolute atomic E-state index is 0.195. The van der Waals surface area contributed by atoms with Crippen molar-refractivity contribution in [1.82, 2.24) is 5.01 Å². The molecule has 4 heterocycles. The predicted octanol–water partition coefficient (Wildman–Crippen LogP) is 3.98. The van der Waals surface area contributed by atoms with Crippen LogP contribution in [0.1, 0.15) is 53.1 Å². The predicted molar refractivity (Wildman–Crippen MR) is 123 cm³/mol. The fraction of sp³-hybridized carbons (Fsp3) is 0.259. The van der Waals surface area contributed by atoms with Gasteiger partial charge in [0.05, 0.1) is 18.4 Å². The SMILES string of the molecule is CC1(C)OC(=O)C2(C(=O)O1)[C@@H]1c3ccccc3C=NN1[C@@H](C(=O)c1ccc(F)cc1)[C@@H]2c1ccco1.